The molecule has 0 saturated carbocycles. The molecule has 0 unspecified atom stereocenters. The Morgan fingerprint density at radius 2 is 1.88 bits per heavy atom. The fraction of sp³-hybridized carbons (Fsp3) is 0.333. The Labute approximate surface area is 99.0 Å². The Balaban J connectivity index is 2.50. The normalized spacial score (nSPS) is 9.94. The quantitative estimate of drug-likeness (QED) is 0.759. The van der Waals surface area contributed by atoms with Crippen LogP contribution in [-0.2, 0) is 20.9 Å². The summed E-state index contributed by atoms with van der Waals surface area (Å²) in [7, 11) is 0. The van der Waals surface area contributed by atoms with Crippen molar-refractivity contribution in [2.24, 2.45) is 0 Å². The molecule has 1 aromatic carbocycles. The predicted octanol–water partition coefficient (Wildman–Crippen LogP) is 1.46. The maximum atomic E-state index is 11.3. The van der Waals surface area contributed by atoms with E-state index in [0.29, 0.717) is 12.2 Å². The van der Waals surface area contributed by atoms with Gasteiger partial charge in [0.1, 0.15) is 6.61 Å². The molecule has 0 heterocycles. The van der Waals surface area contributed by atoms with Crippen LogP contribution in [0.1, 0.15) is 22.8 Å². The summed E-state index contributed by atoms with van der Waals surface area (Å²) >= 11 is 0. The number of aliphatic carboxylic acids is 1. The van der Waals surface area contributed by atoms with Gasteiger partial charge in [0.15, 0.2) is 0 Å². The molecule has 0 aliphatic rings. The zero-order valence-electron chi connectivity index (χ0n) is 9.51. The maximum Gasteiger partial charge on any atom is 0.338 e. The van der Waals surface area contributed by atoms with E-state index in [1.54, 1.807) is 31.2 Å². The fourth-order valence-corrected chi connectivity index (χ4v) is 1.21. The van der Waals surface area contributed by atoms with E-state index in [4.69, 9.17) is 14.6 Å². The minimum absolute atomic E-state index is 0.204. The molecule has 5 nitrogen and oxygen atoms in total. The highest BCUT2D eigenvalue weighted by atomic mass is 16.5. The average molecular weight is 238 g/mol. The van der Waals surface area contributed by atoms with Gasteiger partial charge in [-0.15, -0.1) is 0 Å². The van der Waals surface area contributed by atoms with Crippen molar-refractivity contribution in [3.8, 4) is 0 Å². The van der Waals surface area contributed by atoms with Crippen LogP contribution in [0.5, 0.6) is 0 Å². The van der Waals surface area contributed by atoms with Crippen LogP contribution in [0.3, 0.4) is 0 Å². The summed E-state index contributed by atoms with van der Waals surface area (Å²) in [6.07, 6.45) is 0. The number of rotatable bonds is 6. The molecule has 0 spiro atoms. The molecule has 0 radical (unpaired) electrons. The van der Waals surface area contributed by atoms with Crippen molar-refractivity contribution in [2.75, 3.05) is 13.2 Å². The van der Waals surface area contributed by atoms with Gasteiger partial charge in [-0.3, -0.25) is 0 Å². The SMILES string of the molecule is CCOC(=O)c1ccc(COCC(=O)O)cc1. The fourth-order valence-electron chi connectivity index (χ4n) is 1.21. The topological polar surface area (TPSA) is 72.8 Å². The summed E-state index contributed by atoms with van der Waals surface area (Å²) in [4.78, 5) is 21.5. The Bertz CT molecular complexity index is 382. The average Bonchev–Trinajstić information content (AvgIpc) is 2.30. The number of hydrogen-bond acceptors (Lipinski definition) is 4. The summed E-state index contributed by atoms with van der Waals surface area (Å²) in [5.74, 6) is -1.38. The van der Waals surface area contributed by atoms with Crippen LogP contribution in [0.15, 0.2) is 24.3 Å². The van der Waals surface area contributed by atoms with Crippen molar-refractivity contribution < 1.29 is 24.2 Å². The lowest BCUT2D eigenvalue weighted by Crippen LogP contribution is -2.07. The smallest absolute Gasteiger partial charge is 0.338 e. The number of esters is 1. The number of carboxylic acids is 1. The lowest BCUT2D eigenvalue weighted by atomic mass is 10.1. The van der Waals surface area contributed by atoms with Crippen molar-refractivity contribution in [3.63, 3.8) is 0 Å². The minimum atomic E-state index is -1.01. The van der Waals surface area contributed by atoms with Crippen LogP contribution in [0.2, 0.25) is 0 Å². The molecule has 0 aliphatic heterocycles. The molecule has 0 amide bonds. The lowest BCUT2D eigenvalue weighted by molar-refractivity contribution is -0.142. The van der Waals surface area contributed by atoms with E-state index in [1.807, 2.05) is 0 Å². The molecule has 1 rings (SSSR count). The first-order chi connectivity index (χ1) is 8.13. The Kier molecular flexibility index (Phi) is 5.16. The summed E-state index contributed by atoms with van der Waals surface area (Å²) in [5, 5.41) is 8.38. The number of ether oxygens (including phenoxy) is 2. The van der Waals surface area contributed by atoms with E-state index in [0.717, 1.165) is 5.56 Å². The first kappa shape index (κ1) is 13.2. The Hall–Kier alpha value is -1.88. The third kappa shape index (κ3) is 4.65. The zero-order valence-corrected chi connectivity index (χ0v) is 9.51. The second-order valence-corrected chi connectivity index (χ2v) is 3.30. The Morgan fingerprint density at radius 1 is 1.24 bits per heavy atom. The van der Waals surface area contributed by atoms with Crippen LogP contribution < -0.4 is 0 Å². The third-order valence-electron chi connectivity index (χ3n) is 1.96. The van der Waals surface area contributed by atoms with Crippen LogP contribution in [0.4, 0.5) is 0 Å². The molecule has 92 valence electrons. The molecule has 0 bridgehead atoms. The van der Waals surface area contributed by atoms with Crippen molar-refractivity contribution in [2.45, 2.75) is 13.5 Å². The standard InChI is InChI=1S/C12H14O5/c1-2-17-12(15)10-5-3-9(4-6-10)7-16-8-11(13)14/h3-6H,2,7-8H2,1H3,(H,13,14). The predicted molar refractivity (Wildman–Crippen MR) is 59.7 cm³/mol. The number of carbonyl (C=O) groups excluding carboxylic acids is 1. The summed E-state index contributed by atoms with van der Waals surface area (Å²) in [6, 6.07) is 6.65. The monoisotopic (exact) mass is 238 g/mol. The Morgan fingerprint density at radius 3 is 2.41 bits per heavy atom. The second kappa shape index (κ2) is 6.65. The number of carboxylic acid groups (broad SMARTS) is 1. The lowest BCUT2D eigenvalue weighted by Gasteiger charge is -2.04. The van der Waals surface area contributed by atoms with Gasteiger partial charge in [-0.2, -0.15) is 0 Å². The van der Waals surface area contributed by atoms with Crippen LogP contribution >= 0.6 is 0 Å². The molecule has 17 heavy (non-hydrogen) atoms. The molecule has 5 heteroatoms. The van der Waals surface area contributed by atoms with E-state index >= 15 is 0 Å². The molecule has 0 saturated heterocycles. The molecule has 0 fully saturated rings. The van der Waals surface area contributed by atoms with Crippen molar-refractivity contribution in [1.82, 2.24) is 0 Å². The molecular formula is C12H14O5. The molecular weight excluding hydrogens is 224 g/mol. The number of carbonyl (C=O) groups is 2. The van der Waals surface area contributed by atoms with E-state index in [9.17, 15) is 9.59 Å². The molecule has 0 aliphatic carbocycles. The van der Waals surface area contributed by atoms with E-state index in [-0.39, 0.29) is 19.2 Å². The van der Waals surface area contributed by atoms with Gasteiger partial charge < -0.3 is 14.6 Å². The van der Waals surface area contributed by atoms with E-state index in [2.05, 4.69) is 0 Å². The molecule has 0 atom stereocenters. The van der Waals surface area contributed by atoms with Gasteiger partial charge in [-0.05, 0) is 24.6 Å². The highest BCUT2D eigenvalue weighted by Gasteiger charge is 2.05. The second-order valence-electron chi connectivity index (χ2n) is 3.30. The van der Waals surface area contributed by atoms with Gasteiger partial charge >= 0.3 is 11.9 Å². The number of benzene rings is 1. The zero-order chi connectivity index (χ0) is 12.7. The first-order valence-corrected chi connectivity index (χ1v) is 5.19. The van der Waals surface area contributed by atoms with Crippen LogP contribution in [0, 0.1) is 0 Å². The third-order valence-corrected chi connectivity index (χ3v) is 1.96. The number of hydrogen-bond donors (Lipinski definition) is 1. The highest BCUT2D eigenvalue weighted by molar-refractivity contribution is 5.89. The van der Waals surface area contributed by atoms with Gasteiger partial charge in [0, 0.05) is 0 Å². The van der Waals surface area contributed by atoms with Gasteiger partial charge in [-0.25, -0.2) is 9.59 Å². The van der Waals surface area contributed by atoms with Gasteiger partial charge in [0.05, 0.1) is 18.8 Å². The van der Waals surface area contributed by atoms with Gasteiger partial charge in [0.25, 0.3) is 0 Å². The first-order valence-electron chi connectivity index (χ1n) is 5.19. The van der Waals surface area contributed by atoms with Crippen molar-refractivity contribution in [3.05, 3.63) is 35.4 Å². The van der Waals surface area contributed by atoms with Crippen molar-refractivity contribution >= 4 is 11.9 Å². The molecule has 0 aromatic heterocycles. The maximum absolute atomic E-state index is 11.3. The van der Waals surface area contributed by atoms with Gasteiger partial charge in [0.2, 0.25) is 0 Å². The van der Waals surface area contributed by atoms with Crippen LogP contribution in [-0.4, -0.2) is 30.3 Å². The van der Waals surface area contributed by atoms with E-state index in [1.165, 1.54) is 0 Å². The molecule has 1 N–H and O–H groups in total. The largest absolute Gasteiger partial charge is 0.480 e. The van der Waals surface area contributed by atoms with Gasteiger partial charge in [-0.1, -0.05) is 12.1 Å². The van der Waals surface area contributed by atoms with E-state index < -0.39 is 5.97 Å². The van der Waals surface area contributed by atoms with Crippen molar-refractivity contribution in [1.29, 1.82) is 0 Å². The summed E-state index contributed by atoms with van der Waals surface area (Å²) in [5.41, 5.74) is 1.27. The molecule has 1 aromatic rings. The van der Waals surface area contributed by atoms with Crippen LogP contribution in [0.25, 0.3) is 0 Å². The summed E-state index contributed by atoms with van der Waals surface area (Å²) in [6.45, 7) is 1.95. The minimum Gasteiger partial charge on any atom is -0.480 e. The summed E-state index contributed by atoms with van der Waals surface area (Å²) < 4.78 is 9.75. The highest BCUT2D eigenvalue weighted by Crippen LogP contribution is 2.07.